The number of hydrogen-bond donors (Lipinski definition) is 0. The maximum absolute atomic E-state index is 6.27. The highest BCUT2D eigenvalue weighted by molar-refractivity contribution is 6.20. The molecule has 0 fully saturated rings. The molecule has 0 N–H and O–H groups in total. The summed E-state index contributed by atoms with van der Waals surface area (Å²) in [6.07, 6.45) is 4.19. The van der Waals surface area contributed by atoms with Crippen LogP contribution in [0.2, 0.25) is 0 Å². The third kappa shape index (κ3) is 2.80. The van der Waals surface area contributed by atoms with Crippen molar-refractivity contribution in [3.8, 4) is 0 Å². The molecule has 2 rings (SSSR count). The minimum absolute atomic E-state index is 0.164. The van der Waals surface area contributed by atoms with Crippen LogP contribution in [0.4, 0.5) is 0 Å². The Morgan fingerprint density at radius 2 is 1.94 bits per heavy atom. The summed E-state index contributed by atoms with van der Waals surface area (Å²) >= 11 is 6.27. The van der Waals surface area contributed by atoms with Gasteiger partial charge in [0.05, 0.1) is 5.38 Å². The average Bonchev–Trinajstić information content (AvgIpc) is 2.30. The summed E-state index contributed by atoms with van der Waals surface area (Å²) in [5, 5.41) is -0.164. The van der Waals surface area contributed by atoms with E-state index in [0.29, 0.717) is 5.82 Å². The molecule has 1 heterocycles. The number of halogens is 1. The number of benzene rings is 1. The maximum Gasteiger partial charge on any atom is 0.146 e. The fourth-order valence-electron chi connectivity index (χ4n) is 1.61. The SMILES string of the molecule is Cc1cccc(CC(Cl)c2ncccn2)c1. The van der Waals surface area contributed by atoms with Gasteiger partial charge < -0.3 is 0 Å². The standard InChI is InChI=1S/C13H13ClN2/c1-10-4-2-5-11(8-10)9-12(14)13-15-6-3-7-16-13/h2-8,12H,9H2,1H3. The van der Waals surface area contributed by atoms with Crippen LogP contribution in [0.25, 0.3) is 0 Å². The number of alkyl halides is 1. The number of aryl methyl sites for hydroxylation is 1. The molecule has 0 spiro atoms. The first-order valence-corrected chi connectivity index (χ1v) is 5.66. The first kappa shape index (κ1) is 11.1. The van der Waals surface area contributed by atoms with Crippen LogP contribution in [-0.4, -0.2) is 9.97 Å². The van der Waals surface area contributed by atoms with Gasteiger partial charge in [-0.15, -0.1) is 11.6 Å². The van der Waals surface area contributed by atoms with E-state index in [9.17, 15) is 0 Å². The van der Waals surface area contributed by atoms with Gasteiger partial charge in [-0.2, -0.15) is 0 Å². The highest BCUT2D eigenvalue weighted by Crippen LogP contribution is 2.21. The van der Waals surface area contributed by atoms with Gasteiger partial charge in [0.15, 0.2) is 0 Å². The third-order valence-corrected chi connectivity index (χ3v) is 2.71. The van der Waals surface area contributed by atoms with E-state index in [1.165, 1.54) is 11.1 Å². The van der Waals surface area contributed by atoms with Crippen LogP contribution < -0.4 is 0 Å². The first-order chi connectivity index (χ1) is 7.75. The molecule has 0 bridgehead atoms. The molecule has 82 valence electrons. The van der Waals surface area contributed by atoms with Gasteiger partial charge in [0.2, 0.25) is 0 Å². The van der Waals surface area contributed by atoms with E-state index in [1.54, 1.807) is 18.5 Å². The van der Waals surface area contributed by atoms with Crippen LogP contribution in [-0.2, 0) is 6.42 Å². The van der Waals surface area contributed by atoms with Gasteiger partial charge in [-0.05, 0) is 25.0 Å². The van der Waals surface area contributed by atoms with Gasteiger partial charge >= 0.3 is 0 Å². The molecule has 0 radical (unpaired) electrons. The Morgan fingerprint density at radius 3 is 2.62 bits per heavy atom. The van der Waals surface area contributed by atoms with Gasteiger partial charge in [-0.1, -0.05) is 29.8 Å². The fourth-order valence-corrected chi connectivity index (χ4v) is 1.90. The molecule has 1 aromatic heterocycles. The van der Waals surface area contributed by atoms with Crippen molar-refractivity contribution in [3.05, 3.63) is 59.7 Å². The molecule has 0 amide bonds. The maximum atomic E-state index is 6.27. The normalized spacial score (nSPS) is 12.4. The molecule has 1 unspecified atom stereocenters. The Labute approximate surface area is 100 Å². The van der Waals surface area contributed by atoms with E-state index in [-0.39, 0.29) is 5.38 Å². The number of aromatic nitrogens is 2. The molecule has 0 saturated carbocycles. The molecule has 1 aromatic carbocycles. The van der Waals surface area contributed by atoms with Gasteiger partial charge in [0.25, 0.3) is 0 Å². The molecule has 0 aliphatic heterocycles. The summed E-state index contributed by atoms with van der Waals surface area (Å²) in [4.78, 5) is 8.31. The van der Waals surface area contributed by atoms with Crippen molar-refractivity contribution in [2.75, 3.05) is 0 Å². The molecule has 3 heteroatoms. The van der Waals surface area contributed by atoms with Crippen molar-refractivity contribution < 1.29 is 0 Å². The zero-order chi connectivity index (χ0) is 11.4. The Kier molecular flexibility index (Phi) is 3.52. The molecule has 16 heavy (non-hydrogen) atoms. The zero-order valence-electron chi connectivity index (χ0n) is 9.10. The van der Waals surface area contributed by atoms with Crippen LogP contribution in [0.15, 0.2) is 42.7 Å². The van der Waals surface area contributed by atoms with E-state index in [2.05, 4.69) is 35.1 Å². The second-order valence-corrected chi connectivity index (χ2v) is 4.29. The number of hydrogen-bond acceptors (Lipinski definition) is 2. The Balaban J connectivity index is 2.11. The molecule has 2 aromatic rings. The zero-order valence-corrected chi connectivity index (χ0v) is 9.85. The summed E-state index contributed by atoms with van der Waals surface area (Å²) < 4.78 is 0. The predicted octanol–water partition coefficient (Wildman–Crippen LogP) is 3.31. The van der Waals surface area contributed by atoms with Crippen molar-refractivity contribution in [3.63, 3.8) is 0 Å². The molecule has 0 aliphatic rings. The average molecular weight is 233 g/mol. The molecule has 2 nitrogen and oxygen atoms in total. The highest BCUT2D eigenvalue weighted by atomic mass is 35.5. The summed E-state index contributed by atoms with van der Waals surface area (Å²) in [7, 11) is 0. The van der Waals surface area contributed by atoms with E-state index in [4.69, 9.17) is 11.6 Å². The molecular formula is C13H13ClN2. The number of nitrogens with zero attached hydrogens (tertiary/aromatic N) is 2. The molecular weight excluding hydrogens is 220 g/mol. The molecule has 0 aliphatic carbocycles. The van der Waals surface area contributed by atoms with Crippen LogP contribution in [0.1, 0.15) is 22.3 Å². The quantitative estimate of drug-likeness (QED) is 0.759. The number of rotatable bonds is 3. The molecule has 1 atom stereocenters. The van der Waals surface area contributed by atoms with Gasteiger partial charge in [-0.3, -0.25) is 0 Å². The minimum atomic E-state index is -0.164. The van der Waals surface area contributed by atoms with Gasteiger partial charge in [0.1, 0.15) is 5.82 Å². The topological polar surface area (TPSA) is 25.8 Å². The summed E-state index contributed by atoms with van der Waals surface area (Å²) in [5.41, 5.74) is 2.46. The van der Waals surface area contributed by atoms with E-state index >= 15 is 0 Å². The minimum Gasteiger partial charge on any atom is -0.240 e. The van der Waals surface area contributed by atoms with E-state index in [0.717, 1.165) is 6.42 Å². The predicted molar refractivity (Wildman–Crippen MR) is 65.5 cm³/mol. The summed E-state index contributed by atoms with van der Waals surface area (Å²) in [6, 6.07) is 10.1. The lowest BCUT2D eigenvalue weighted by molar-refractivity contribution is 0.825. The smallest absolute Gasteiger partial charge is 0.146 e. The Morgan fingerprint density at radius 1 is 1.19 bits per heavy atom. The monoisotopic (exact) mass is 232 g/mol. The lowest BCUT2D eigenvalue weighted by atomic mass is 10.1. The van der Waals surface area contributed by atoms with Crippen LogP contribution in [0.3, 0.4) is 0 Å². The second kappa shape index (κ2) is 5.08. The van der Waals surface area contributed by atoms with E-state index < -0.39 is 0 Å². The van der Waals surface area contributed by atoms with Crippen molar-refractivity contribution >= 4 is 11.6 Å². The van der Waals surface area contributed by atoms with Crippen LogP contribution in [0.5, 0.6) is 0 Å². The van der Waals surface area contributed by atoms with Crippen LogP contribution >= 0.6 is 11.6 Å². The lowest BCUT2D eigenvalue weighted by Crippen LogP contribution is -2.01. The van der Waals surface area contributed by atoms with E-state index in [1.807, 2.05) is 6.07 Å². The Hall–Kier alpha value is -1.41. The third-order valence-electron chi connectivity index (χ3n) is 2.36. The largest absolute Gasteiger partial charge is 0.240 e. The lowest BCUT2D eigenvalue weighted by Gasteiger charge is -2.08. The van der Waals surface area contributed by atoms with Gasteiger partial charge in [-0.25, -0.2) is 9.97 Å². The second-order valence-electron chi connectivity index (χ2n) is 3.77. The highest BCUT2D eigenvalue weighted by Gasteiger charge is 2.11. The summed E-state index contributed by atoms with van der Waals surface area (Å²) in [6.45, 7) is 2.08. The fraction of sp³-hybridized carbons (Fsp3) is 0.231. The summed E-state index contributed by atoms with van der Waals surface area (Å²) in [5.74, 6) is 0.686. The molecule has 0 saturated heterocycles. The Bertz CT molecular complexity index is 456. The van der Waals surface area contributed by atoms with Crippen molar-refractivity contribution in [1.82, 2.24) is 9.97 Å². The van der Waals surface area contributed by atoms with Crippen molar-refractivity contribution in [2.45, 2.75) is 18.7 Å². The van der Waals surface area contributed by atoms with Gasteiger partial charge in [0, 0.05) is 12.4 Å². The van der Waals surface area contributed by atoms with Crippen LogP contribution in [0, 0.1) is 6.92 Å². The van der Waals surface area contributed by atoms with Crippen molar-refractivity contribution in [2.24, 2.45) is 0 Å². The first-order valence-electron chi connectivity index (χ1n) is 5.22. The van der Waals surface area contributed by atoms with Crippen molar-refractivity contribution in [1.29, 1.82) is 0 Å².